The topological polar surface area (TPSA) is 0 Å². The van der Waals surface area contributed by atoms with E-state index in [1.165, 1.54) is 5.56 Å². The number of hydrogen-bond acceptors (Lipinski definition) is 0. The maximum absolute atomic E-state index is 3.83. The van der Waals surface area contributed by atoms with Crippen molar-refractivity contribution < 1.29 is 0 Å². The zero-order valence-electron chi connectivity index (χ0n) is 5.59. The molecule has 1 aromatic rings. The van der Waals surface area contributed by atoms with Gasteiger partial charge in [-0.2, -0.15) is 0 Å². The van der Waals surface area contributed by atoms with E-state index >= 15 is 0 Å². The van der Waals surface area contributed by atoms with Crippen LogP contribution < -0.4 is 0 Å². The summed E-state index contributed by atoms with van der Waals surface area (Å²) in [6.45, 7) is 5.83. The summed E-state index contributed by atoms with van der Waals surface area (Å²) >= 11 is 0. The Morgan fingerprint density at radius 3 is 1.82 bits per heavy atom. The van der Waals surface area contributed by atoms with Gasteiger partial charge in [0.15, 0.2) is 0 Å². The first kappa shape index (κ1) is 13.7. The zero-order chi connectivity index (χ0) is 6.69. The first-order valence-electron chi connectivity index (χ1n) is 3.01. The van der Waals surface area contributed by atoms with Gasteiger partial charge in [0.2, 0.25) is 0 Å². The molecule has 0 bridgehead atoms. The number of hydrogen-bond donors (Lipinski definition) is 0. The van der Waals surface area contributed by atoms with E-state index < -0.39 is 0 Å². The van der Waals surface area contributed by atoms with Crippen LogP contribution in [0.4, 0.5) is 0 Å². The normalized spacial score (nSPS) is 7.36. The summed E-state index contributed by atoms with van der Waals surface area (Å²) in [5.74, 6) is 0. The SMILES string of the molecule is C=C(C)c1ccccc1.[LiH].[LiH]. The molecule has 0 atom stereocenters. The van der Waals surface area contributed by atoms with Gasteiger partial charge in [-0.1, -0.05) is 42.5 Å². The van der Waals surface area contributed by atoms with Gasteiger partial charge >= 0.3 is 37.7 Å². The molecule has 0 unspecified atom stereocenters. The Labute approximate surface area is 92.4 Å². The molecule has 1 rings (SSSR count). The van der Waals surface area contributed by atoms with Crippen LogP contribution >= 0.6 is 0 Å². The fraction of sp³-hybridized carbons (Fsp3) is 0.111. The van der Waals surface area contributed by atoms with Crippen molar-refractivity contribution in [3.63, 3.8) is 0 Å². The Morgan fingerprint density at radius 1 is 1.09 bits per heavy atom. The van der Waals surface area contributed by atoms with Gasteiger partial charge in [0.1, 0.15) is 0 Å². The van der Waals surface area contributed by atoms with Gasteiger partial charge in [0.25, 0.3) is 0 Å². The van der Waals surface area contributed by atoms with Gasteiger partial charge < -0.3 is 0 Å². The summed E-state index contributed by atoms with van der Waals surface area (Å²) < 4.78 is 0. The predicted octanol–water partition coefficient (Wildman–Crippen LogP) is 1.42. The molecular weight excluding hydrogens is 122 g/mol. The van der Waals surface area contributed by atoms with Crippen molar-refractivity contribution in [3.8, 4) is 0 Å². The first-order valence-corrected chi connectivity index (χ1v) is 3.01. The molecule has 0 N–H and O–H groups in total. The molecular formula is C9H12Li2. The van der Waals surface area contributed by atoms with Crippen LogP contribution in [0.2, 0.25) is 0 Å². The standard InChI is InChI=1S/C9H10.2Li.2H/c1-8(2)9-6-4-3-5-7-9;;;;/h3-7H,1H2,2H3;;;;. The van der Waals surface area contributed by atoms with E-state index in [1.807, 2.05) is 25.1 Å². The fourth-order valence-electron chi connectivity index (χ4n) is 0.723. The van der Waals surface area contributed by atoms with E-state index in [1.54, 1.807) is 0 Å². The molecule has 50 valence electrons. The van der Waals surface area contributed by atoms with Crippen LogP contribution in [0.5, 0.6) is 0 Å². The Balaban J connectivity index is 0. The van der Waals surface area contributed by atoms with Crippen LogP contribution in [0, 0.1) is 0 Å². The van der Waals surface area contributed by atoms with Crippen molar-refractivity contribution in [2.24, 2.45) is 0 Å². The number of rotatable bonds is 1. The van der Waals surface area contributed by atoms with Crippen LogP contribution in [-0.2, 0) is 0 Å². The Bertz CT molecular complexity index is 204. The molecule has 0 amide bonds. The van der Waals surface area contributed by atoms with Gasteiger partial charge in [0, 0.05) is 0 Å². The number of benzene rings is 1. The van der Waals surface area contributed by atoms with Crippen molar-refractivity contribution in [2.75, 3.05) is 0 Å². The van der Waals surface area contributed by atoms with E-state index in [2.05, 4.69) is 18.7 Å². The molecule has 1 aromatic carbocycles. The van der Waals surface area contributed by atoms with Crippen LogP contribution in [0.25, 0.3) is 5.57 Å². The molecule has 2 heteroatoms. The van der Waals surface area contributed by atoms with E-state index in [4.69, 9.17) is 0 Å². The molecule has 0 fully saturated rings. The van der Waals surface area contributed by atoms with E-state index in [0.29, 0.717) is 0 Å². The van der Waals surface area contributed by atoms with Crippen molar-refractivity contribution in [3.05, 3.63) is 42.5 Å². The molecule has 0 spiro atoms. The second kappa shape index (κ2) is 6.84. The summed E-state index contributed by atoms with van der Waals surface area (Å²) in [6, 6.07) is 10.2. The van der Waals surface area contributed by atoms with Crippen LogP contribution in [0.3, 0.4) is 0 Å². The third kappa shape index (κ3) is 4.57. The molecule has 0 saturated heterocycles. The van der Waals surface area contributed by atoms with Crippen molar-refractivity contribution in [1.82, 2.24) is 0 Å². The van der Waals surface area contributed by atoms with Gasteiger partial charge in [-0.05, 0) is 12.5 Å². The van der Waals surface area contributed by atoms with Crippen LogP contribution in [-0.4, -0.2) is 37.7 Å². The van der Waals surface area contributed by atoms with Crippen molar-refractivity contribution >= 4 is 43.3 Å². The second-order valence-electron chi connectivity index (χ2n) is 2.15. The van der Waals surface area contributed by atoms with Crippen molar-refractivity contribution in [1.29, 1.82) is 0 Å². The molecule has 0 aliphatic rings. The molecule has 11 heavy (non-hydrogen) atoms. The second-order valence-corrected chi connectivity index (χ2v) is 2.15. The van der Waals surface area contributed by atoms with Gasteiger partial charge in [0.05, 0.1) is 0 Å². The molecule has 0 aliphatic heterocycles. The zero-order valence-corrected chi connectivity index (χ0v) is 5.59. The van der Waals surface area contributed by atoms with Crippen molar-refractivity contribution in [2.45, 2.75) is 6.92 Å². The van der Waals surface area contributed by atoms with Gasteiger partial charge in [-0.3, -0.25) is 0 Å². The summed E-state index contributed by atoms with van der Waals surface area (Å²) in [5.41, 5.74) is 2.34. The number of allylic oxidation sites excluding steroid dienone is 1. The van der Waals surface area contributed by atoms with Crippen LogP contribution in [0.15, 0.2) is 36.9 Å². The van der Waals surface area contributed by atoms with E-state index in [9.17, 15) is 0 Å². The molecule has 0 heterocycles. The summed E-state index contributed by atoms with van der Waals surface area (Å²) in [6.07, 6.45) is 0. The minimum absolute atomic E-state index is 0. The Hall–Kier alpha value is 0.155. The molecule has 0 nitrogen and oxygen atoms in total. The summed E-state index contributed by atoms with van der Waals surface area (Å²) in [4.78, 5) is 0. The fourth-order valence-corrected chi connectivity index (χ4v) is 0.723. The molecule has 0 aromatic heterocycles. The summed E-state index contributed by atoms with van der Waals surface area (Å²) in [5, 5.41) is 0. The monoisotopic (exact) mass is 134 g/mol. The molecule has 0 aliphatic carbocycles. The minimum atomic E-state index is 0. The Morgan fingerprint density at radius 2 is 1.55 bits per heavy atom. The summed E-state index contributed by atoms with van der Waals surface area (Å²) in [7, 11) is 0. The predicted molar refractivity (Wildman–Crippen MR) is 55.4 cm³/mol. The third-order valence-corrected chi connectivity index (χ3v) is 1.27. The van der Waals surface area contributed by atoms with Gasteiger partial charge in [-0.25, -0.2) is 0 Å². The molecule has 0 radical (unpaired) electrons. The first-order chi connectivity index (χ1) is 4.30. The van der Waals surface area contributed by atoms with E-state index in [-0.39, 0.29) is 37.7 Å². The quantitative estimate of drug-likeness (QED) is 0.509. The van der Waals surface area contributed by atoms with Crippen LogP contribution in [0.1, 0.15) is 12.5 Å². The maximum atomic E-state index is 3.83. The van der Waals surface area contributed by atoms with E-state index in [0.717, 1.165) is 5.57 Å². The molecule has 0 saturated carbocycles. The average molecular weight is 134 g/mol. The third-order valence-electron chi connectivity index (χ3n) is 1.27. The van der Waals surface area contributed by atoms with Gasteiger partial charge in [-0.15, -0.1) is 0 Å². The average Bonchev–Trinajstić information content (AvgIpc) is 1.90. The Kier molecular flexibility index (Phi) is 8.53.